The highest BCUT2D eigenvalue weighted by molar-refractivity contribution is 9.13. The Hall–Kier alpha value is -0.420. The molecule has 76 valence electrons. The summed E-state index contributed by atoms with van der Waals surface area (Å²) < 4.78 is 19.0. The van der Waals surface area contributed by atoms with E-state index in [2.05, 4.69) is 36.6 Å². The number of carbonyl (C=O) groups excluding carboxylic acids is 1. The standard InChI is InChI=1S/C9H7Br2FO2/c1-14-9(13)3-5-2-6(10)7(11)4-8(5)12/h2,4H,3H2,1H3. The maximum Gasteiger partial charge on any atom is 0.310 e. The molecule has 0 amide bonds. The number of methoxy groups -OCH3 is 1. The average molecular weight is 326 g/mol. The first-order chi connectivity index (χ1) is 6.54. The van der Waals surface area contributed by atoms with Gasteiger partial charge in [0.1, 0.15) is 5.82 Å². The molecule has 5 heteroatoms. The van der Waals surface area contributed by atoms with E-state index in [4.69, 9.17) is 0 Å². The second kappa shape index (κ2) is 4.89. The van der Waals surface area contributed by atoms with Crippen LogP contribution in [0.15, 0.2) is 21.1 Å². The van der Waals surface area contributed by atoms with Gasteiger partial charge in [0, 0.05) is 14.5 Å². The van der Waals surface area contributed by atoms with E-state index >= 15 is 0 Å². The van der Waals surface area contributed by atoms with Gasteiger partial charge in [-0.25, -0.2) is 4.39 Å². The fourth-order valence-electron chi connectivity index (χ4n) is 0.927. The normalized spacial score (nSPS) is 10.0. The maximum absolute atomic E-state index is 13.3. The molecular formula is C9H7Br2FO2. The van der Waals surface area contributed by atoms with Crippen molar-refractivity contribution in [2.45, 2.75) is 6.42 Å². The second-order valence-electron chi connectivity index (χ2n) is 2.61. The first-order valence-electron chi connectivity index (χ1n) is 3.75. The van der Waals surface area contributed by atoms with Gasteiger partial charge in [-0.3, -0.25) is 4.79 Å². The van der Waals surface area contributed by atoms with Crippen molar-refractivity contribution in [1.82, 2.24) is 0 Å². The van der Waals surface area contributed by atoms with Gasteiger partial charge in [0.05, 0.1) is 13.5 Å². The molecule has 2 nitrogen and oxygen atoms in total. The Morgan fingerprint density at radius 3 is 2.57 bits per heavy atom. The van der Waals surface area contributed by atoms with Crippen LogP contribution in [-0.4, -0.2) is 13.1 Å². The Morgan fingerprint density at radius 2 is 2.00 bits per heavy atom. The third-order valence-corrected chi connectivity index (χ3v) is 3.50. The summed E-state index contributed by atoms with van der Waals surface area (Å²) in [6.45, 7) is 0. The lowest BCUT2D eigenvalue weighted by Crippen LogP contribution is -2.06. The Kier molecular flexibility index (Phi) is 4.07. The number of esters is 1. The molecule has 0 aliphatic rings. The van der Waals surface area contributed by atoms with Crippen molar-refractivity contribution >= 4 is 37.8 Å². The number of halogens is 3. The van der Waals surface area contributed by atoms with E-state index in [9.17, 15) is 9.18 Å². The molecule has 0 aliphatic heterocycles. The first-order valence-corrected chi connectivity index (χ1v) is 5.33. The smallest absolute Gasteiger partial charge is 0.310 e. The summed E-state index contributed by atoms with van der Waals surface area (Å²) in [7, 11) is 1.27. The monoisotopic (exact) mass is 324 g/mol. The Labute approximate surface area is 97.7 Å². The molecule has 1 aromatic carbocycles. The maximum atomic E-state index is 13.3. The van der Waals surface area contributed by atoms with Gasteiger partial charge in [0.15, 0.2) is 0 Å². The topological polar surface area (TPSA) is 26.3 Å². The van der Waals surface area contributed by atoms with E-state index in [1.807, 2.05) is 0 Å². The van der Waals surface area contributed by atoms with E-state index in [-0.39, 0.29) is 6.42 Å². The van der Waals surface area contributed by atoms with Crippen LogP contribution in [0.2, 0.25) is 0 Å². The number of hydrogen-bond donors (Lipinski definition) is 0. The van der Waals surface area contributed by atoms with E-state index in [0.717, 1.165) is 0 Å². The molecular weight excluding hydrogens is 319 g/mol. The zero-order valence-corrected chi connectivity index (χ0v) is 10.5. The highest BCUT2D eigenvalue weighted by Crippen LogP contribution is 2.26. The van der Waals surface area contributed by atoms with Gasteiger partial charge in [0.2, 0.25) is 0 Å². The molecule has 0 fully saturated rings. The van der Waals surface area contributed by atoms with Crippen LogP contribution in [0.1, 0.15) is 5.56 Å². The minimum Gasteiger partial charge on any atom is -0.469 e. The van der Waals surface area contributed by atoms with Gasteiger partial charge in [-0.05, 0) is 44.0 Å². The highest BCUT2D eigenvalue weighted by atomic mass is 79.9. The Morgan fingerprint density at radius 1 is 1.43 bits per heavy atom. The SMILES string of the molecule is COC(=O)Cc1cc(Br)c(Br)cc1F. The van der Waals surface area contributed by atoms with Crippen molar-refractivity contribution in [2.24, 2.45) is 0 Å². The first kappa shape index (κ1) is 11.7. The van der Waals surface area contributed by atoms with Crippen molar-refractivity contribution in [2.75, 3.05) is 7.11 Å². The number of rotatable bonds is 2. The molecule has 1 rings (SSSR count). The lowest BCUT2D eigenvalue weighted by atomic mass is 10.1. The van der Waals surface area contributed by atoms with Crippen LogP contribution >= 0.6 is 31.9 Å². The van der Waals surface area contributed by atoms with Gasteiger partial charge < -0.3 is 4.74 Å². The number of hydrogen-bond acceptors (Lipinski definition) is 2. The molecule has 0 heterocycles. The lowest BCUT2D eigenvalue weighted by Gasteiger charge is -2.04. The summed E-state index contributed by atoms with van der Waals surface area (Å²) >= 11 is 6.39. The second-order valence-corrected chi connectivity index (χ2v) is 4.32. The van der Waals surface area contributed by atoms with Crippen LogP contribution in [0, 0.1) is 5.82 Å². The molecule has 14 heavy (non-hydrogen) atoms. The molecule has 0 atom stereocenters. The molecule has 0 saturated heterocycles. The zero-order chi connectivity index (χ0) is 10.7. The zero-order valence-electron chi connectivity index (χ0n) is 7.31. The molecule has 0 aliphatic carbocycles. The minimum absolute atomic E-state index is 0.0613. The summed E-state index contributed by atoms with van der Waals surface area (Å²) in [5.74, 6) is -0.886. The molecule has 0 saturated carbocycles. The Balaban J connectivity index is 2.98. The molecule has 0 bridgehead atoms. The fourth-order valence-corrected chi connectivity index (χ4v) is 1.63. The van der Waals surface area contributed by atoms with Crippen molar-refractivity contribution in [1.29, 1.82) is 0 Å². The van der Waals surface area contributed by atoms with Gasteiger partial charge in [0.25, 0.3) is 0 Å². The summed E-state index contributed by atoms with van der Waals surface area (Å²) in [6, 6.07) is 2.86. The third-order valence-electron chi connectivity index (χ3n) is 1.65. The van der Waals surface area contributed by atoms with Gasteiger partial charge in [-0.2, -0.15) is 0 Å². The number of ether oxygens (including phenoxy) is 1. The van der Waals surface area contributed by atoms with E-state index in [1.165, 1.54) is 13.2 Å². The van der Waals surface area contributed by atoms with Crippen LogP contribution < -0.4 is 0 Å². The van der Waals surface area contributed by atoms with Gasteiger partial charge in [-0.1, -0.05) is 0 Å². The van der Waals surface area contributed by atoms with Crippen LogP contribution in [0.3, 0.4) is 0 Å². The quantitative estimate of drug-likeness (QED) is 0.617. The predicted molar refractivity (Wildman–Crippen MR) is 57.5 cm³/mol. The summed E-state index contributed by atoms with van der Waals surface area (Å²) in [5.41, 5.74) is 0.312. The average Bonchev–Trinajstić information content (AvgIpc) is 2.14. The molecule has 0 N–H and O–H groups in total. The minimum atomic E-state index is -0.460. The fraction of sp³-hybridized carbons (Fsp3) is 0.222. The van der Waals surface area contributed by atoms with Crippen molar-refractivity contribution < 1.29 is 13.9 Å². The molecule has 0 aromatic heterocycles. The van der Waals surface area contributed by atoms with E-state index in [1.54, 1.807) is 6.07 Å². The summed E-state index contributed by atoms with van der Waals surface area (Å²) in [5, 5.41) is 0. The van der Waals surface area contributed by atoms with Crippen LogP contribution in [0.25, 0.3) is 0 Å². The van der Waals surface area contributed by atoms with Crippen molar-refractivity contribution in [3.8, 4) is 0 Å². The molecule has 0 spiro atoms. The molecule has 0 unspecified atom stereocenters. The highest BCUT2D eigenvalue weighted by Gasteiger charge is 2.10. The number of carbonyl (C=O) groups is 1. The lowest BCUT2D eigenvalue weighted by molar-refractivity contribution is -0.139. The molecule has 0 radical (unpaired) electrons. The van der Waals surface area contributed by atoms with E-state index < -0.39 is 11.8 Å². The third kappa shape index (κ3) is 2.78. The molecule has 1 aromatic rings. The van der Waals surface area contributed by atoms with Crippen LogP contribution in [0.5, 0.6) is 0 Å². The van der Waals surface area contributed by atoms with E-state index in [0.29, 0.717) is 14.5 Å². The van der Waals surface area contributed by atoms with Gasteiger partial charge >= 0.3 is 5.97 Å². The largest absolute Gasteiger partial charge is 0.469 e. The predicted octanol–water partition coefficient (Wildman–Crippen LogP) is 3.07. The van der Waals surface area contributed by atoms with Crippen LogP contribution in [0.4, 0.5) is 4.39 Å². The van der Waals surface area contributed by atoms with Crippen LogP contribution in [-0.2, 0) is 16.0 Å². The van der Waals surface area contributed by atoms with Gasteiger partial charge in [-0.15, -0.1) is 0 Å². The summed E-state index contributed by atoms with van der Waals surface area (Å²) in [6.07, 6.45) is -0.0613. The number of benzene rings is 1. The Bertz CT molecular complexity index is 366. The van der Waals surface area contributed by atoms with Crippen molar-refractivity contribution in [3.63, 3.8) is 0 Å². The summed E-state index contributed by atoms with van der Waals surface area (Å²) in [4.78, 5) is 10.9. The van der Waals surface area contributed by atoms with Crippen molar-refractivity contribution in [3.05, 3.63) is 32.5 Å².